The molecule has 1 N–H and O–H groups in total. The number of hydrogen-bond donors (Lipinski definition) is 1. The lowest BCUT2D eigenvalue weighted by Gasteiger charge is -2.22. The number of carbonyl (C=O) groups excluding carboxylic acids is 3. The van der Waals surface area contributed by atoms with Crippen LogP contribution in [0, 0.1) is 13.8 Å². The molecule has 1 atom stereocenters. The van der Waals surface area contributed by atoms with Crippen LogP contribution in [0.3, 0.4) is 0 Å². The predicted octanol–water partition coefficient (Wildman–Crippen LogP) is 3.57. The van der Waals surface area contributed by atoms with Crippen LogP contribution in [-0.2, 0) is 20.9 Å². The number of aryl methyl sites for hydroxylation is 2. The number of amides is 3. The van der Waals surface area contributed by atoms with E-state index in [4.69, 9.17) is 4.74 Å². The smallest absolute Gasteiger partial charge is 0.417 e. The highest BCUT2D eigenvalue weighted by Crippen LogP contribution is 2.23. The van der Waals surface area contributed by atoms with Gasteiger partial charge in [-0.1, -0.05) is 48.0 Å². The summed E-state index contributed by atoms with van der Waals surface area (Å²) in [5, 5.41) is 2.82. The van der Waals surface area contributed by atoms with Crippen LogP contribution >= 0.6 is 0 Å². The number of carbonyl (C=O) groups is 3. The van der Waals surface area contributed by atoms with E-state index in [-0.39, 0.29) is 25.4 Å². The molecule has 0 radical (unpaired) electrons. The minimum absolute atomic E-state index is 0.0505. The van der Waals surface area contributed by atoms with Gasteiger partial charge in [0.25, 0.3) is 0 Å². The van der Waals surface area contributed by atoms with Crippen molar-refractivity contribution in [3.63, 3.8) is 0 Å². The third-order valence-electron chi connectivity index (χ3n) is 4.56. The van der Waals surface area contributed by atoms with E-state index in [1.54, 1.807) is 0 Å². The fraction of sp³-hybridized carbons (Fsp3) is 0.286. The summed E-state index contributed by atoms with van der Waals surface area (Å²) in [6.45, 7) is 3.92. The fourth-order valence-electron chi connectivity index (χ4n) is 3.12. The first kappa shape index (κ1) is 18.6. The first-order chi connectivity index (χ1) is 13.0. The van der Waals surface area contributed by atoms with Crippen molar-refractivity contribution in [3.05, 3.63) is 65.2 Å². The average Bonchev–Trinajstić information content (AvgIpc) is 3.04. The van der Waals surface area contributed by atoms with Crippen LogP contribution in [0.25, 0.3) is 0 Å². The largest absolute Gasteiger partial charge is 0.444 e. The second kappa shape index (κ2) is 8.03. The molecule has 1 aliphatic heterocycles. The topological polar surface area (TPSA) is 75.7 Å². The molecule has 27 heavy (non-hydrogen) atoms. The van der Waals surface area contributed by atoms with Crippen LogP contribution in [0.15, 0.2) is 48.5 Å². The maximum Gasteiger partial charge on any atom is 0.417 e. The normalized spacial score (nSPS) is 16.3. The highest BCUT2D eigenvalue weighted by molar-refractivity contribution is 6.04. The van der Waals surface area contributed by atoms with Gasteiger partial charge in [0.1, 0.15) is 12.6 Å². The Morgan fingerprint density at radius 1 is 1.15 bits per heavy atom. The molecule has 0 aromatic heterocycles. The summed E-state index contributed by atoms with van der Waals surface area (Å²) in [5.41, 5.74) is 3.50. The summed E-state index contributed by atoms with van der Waals surface area (Å²) in [4.78, 5) is 38.2. The summed E-state index contributed by atoms with van der Waals surface area (Å²) >= 11 is 0. The summed E-state index contributed by atoms with van der Waals surface area (Å²) in [5.74, 6) is -0.779. The summed E-state index contributed by atoms with van der Waals surface area (Å²) in [6, 6.07) is 14.0. The van der Waals surface area contributed by atoms with Crippen LogP contribution < -0.4 is 5.32 Å². The third kappa shape index (κ3) is 4.34. The van der Waals surface area contributed by atoms with Crippen molar-refractivity contribution in [2.45, 2.75) is 39.3 Å². The number of benzene rings is 2. The Balaban J connectivity index is 1.67. The molecule has 0 bridgehead atoms. The zero-order valence-electron chi connectivity index (χ0n) is 15.4. The minimum Gasteiger partial charge on any atom is -0.444 e. The number of anilines is 1. The summed E-state index contributed by atoms with van der Waals surface area (Å²) in [6.07, 6.45) is -0.358. The molecule has 6 nitrogen and oxygen atoms in total. The van der Waals surface area contributed by atoms with Gasteiger partial charge in [-0.25, -0.2) is 9.69 Å². The van der Waals surface area contributed by atoms with Gasteiger partial charge in [-0.15, -0.1) is 0 Å². The molecular formula is C21H22N2O4. The summed E-state index contributed by atoms with van der Waals surface area (Å²) in [7, 11) is 0. The maximum atomic E-state index is 12.7. The number of hydrogen-bond acceptors (Lipinski definition) is 4. The van der Waals surface area contributed by atoms with Gasteiger partial charge in [0.05, 0.1) is 0 Å². The van der Waals surface area contributed by atoms with Crippen LogP contribution in [0.2, 0.25) is 0 Å². The lowest BCUT2D eigenvalue weighted by Crippen LogP contribution is -2.45. The minimum atomic E-state index is -0.860. The van der Waals surface area contributed by atoms with E-state index in [0.717, 1.165) is 21.6 Å². The lowest BCUT2D eigenvalue weighted by molar-refractivity contribution is -0.131. The monoisotopic (exact) mass is 366 g/mol. The molecule has 0 aliphatic carbocycles. The Bertz CT molecular complexity index is 864. The van der Waals surface area contributed by atoms with Crippen molar-refractivity contribution in [2.75, 3.05) is 5.32 Å². The van der Waals surface area contributed by atoms with Gasteiger partial charge in [-0.05, 0) is 37.5 Å². The SMILES string of the molecule is Cc1ccc(NC(=O)C2CCC(=O)N2C(=O)OCc2ccccc2)c(C)c1. The van der Waals surface area contributed by atoms with E-state index in [2.05, 4.69) is 5.32 Å². The average molecular weight is 366 g/mol. The van der Waals surface area contributed by atoms with Crippen molar-refractivity contribution in [1.29, 1.82) is 0 Å². The standard InChI is InChI=1S/C21H22N2O4/c1-14-8-9-17(15(2)12-14)22-20(25)18-10-11-19(24)23(18)21(26)27-13-16-6-4-3-5-7-16/h3-9,12,18H,10-11,13H2,1-2H3,(H,22,25). The number of ether oxygens (including phenoxy) is 1. The van der Waals surface area contributed by atoms with Crippen molar-refractivity contribution in [2.24, 2.45) is 0 Å². The first-order valence-corrected chi connectivity index (χ1v) is 8.86. The van der Waals surface area contributed by atoms with Gasteiger partial charge < -0.3 is 10.1 Å². The Kier molecular flexibility index (Phi) is 5.54. The molecule has 3 amide bonds. The van der Waals surface area contributed by atoms with Crippen LogP contribution in [0.1, 0.15) is 29.5 Å². The number of imide groups is 1. The second-order valence-corrected chi connectivity index (χ2v) is 6.67. The Hall–Kier alpha value is -3.15. The highest BCUT2D eigenvalue weighted by atomic mass is 16.6. The van der Waals surface area contributed by atoms with E-state index >= 15 is 0 Å². The zero-order valence-corrected chi connectivity index (χ0v) is 15.4. The van der Waals surface area contributed by atoms with E-state index in [0.29, 0.717) is 5.69 Å². The molecule has 2 aromatic rings. The van der Waals surface area contributed by atoms with Crippen molar-refractivity contribution < 1.29 is 19.1 Å². The van der Waals surface area contributed by atoms with Gasteiger partial charge in [0.2, 0.25) is 11.8 Å². The molecular weight excluding hydrogens is 344 g/mol. The Labute approximate surface area is 158 Å². The molecule has 0 saturated carbocycles. The van der Waals surface area contributed by atoms with E-state index in [9.17, 15) is 14.4 Å². The molecule has 3 rings (SSSR count). The molecule has 2 aromatic carbocycles. The van der Waals surface area contributed by atoms with Gasteiger partial charge >= 0.3 is 6.09 Å². The lowest BCUT2D eigenvalue weighted by atomic mass is 10.1. The van der Waals surface area contributed by atoms with Gasteiger partial charge in [0, 0.05) is 12.1 Å². The van der Waals surface area contributed by atoms with Crippen LogP contribution in [-0.4, -0.2) is 28.8 Å². The van der Waals surface area contributed by atoms with Gasteiger partial charge in [0.15, 0.2) is 0 Å². The van der Waals surface area contributed by atoms with Crippen molar-refractivity contribution in [3.8, 4) is 0 Å². The quantitative estimate of drug-likeness (QED) is 0.897. The zero-order chi connectivity index (χ0) is 19.4. The first-order valence-electron chi connectivity index (χ1n) is 8.86. The highest BCUT2D eigenvalue weighted by Gasteiger charge is 2.41. The maximum absolute atomic E-state index is 12.7. The Morgan fingerprint density at radius 2 is 1.89 bits per heavy atom. The van der Waals surface area contributed by atoms with Gasteiger partial charge in [-0.3, -0.25) is 9.59 Å². The number of rotatable bonds is 4. The van der Waals surface area contributed by atoms with Crippen LogP contribution in [0.4, 0.5) is 10.5 Å². The van der Waals surface area contributed by atoms with Crippen molar-refractivity contribution >= 4 is 23.6 Å². The number of nitrogens with one attached hydrogen (secondary N) is 1. The van der Waals surface area contributed by atoms with Gasteiger partial charge in [-0.2, -0.15) is 0 Å². The third-order valence-corrected chi connectivity index (χ3v) is 4.56. The molecule has 1 unspecified atom stereocenters. The number of nitrogens with zero attached hydrogens (tertiary/aromatic N) is 1. The molecule has 140 valence electrons. The summed E-state index contributed by atoms with van der Waals surface area (Å²) < 4.78 is 5.24. The Morgan fingerprint density at radius 3 is 2.59 bits per heavy atom. The second-order valence-electron chi connectivity index (χ2n) is 6.67. The molecule has 1 heterocycles. The molecule has 1 aliphatic rings. The molecule has 6 heteroatoms. The molecule has 0 spiro atoms. The number of likely N-dealkylation sites (tertiary alicyclic amines) is 1. The van der Waals surface area contributed by atoms with Crippen molar-refractivity contribution in [1.82, 2.24) is 4.90 Å². The van der Waals surface area contributed by atoms with E-state index in [1.165, 1.54) is 0 Å². The van der Waals surface area contributed by atoms with Crippen LogP contribution in [0.5, 0.6) is 0 Å². The molecule has 1 fully saturated rings. The van der Waals surface area contributed by atoms with E-state index in [1.807, 2.05) is 62.4 Å². The molecule has 1 saturated heterocycles. The predicted molar refractivity (Wildman–Crippen MR) is 101 cm³/mol. The van der Waals surface area contributed by atoms with E-state index < -0.39 is 18.0 Å². The fourth-order valence-corrected chi connectivity index (χ4v) is 3.12.